The van der Waals surface area contributed by atoms with Crippen molar-refractivity contribution < 1.29 is 22.8 Å². The first-order chi connectivity index (χ1) is 12.4. The zero-order chi connectivity index (χ0) is 19.2. The van der Waals surface area contributed by atoms with Gasteiger partial charge in [0, 0.05) is 18.7 Å². The maximum absolute atomic E-state index is 12.3. The van der Waals surface area contributed by atoms with Gasteiger partial charge in [-0.05, 0) is 36.2 Å². The molecule has 2 aromatic rings. The van der Waals surface area contributed by atoms with Crippen molar-refractivity contribution in [2.45, 2.75) is 24.8 Å². The highest BCUT2D eigenvalue weighted by Crippen LogP contribution is 2.28. The number of benzene rings is 2. The standard InChI is InChI=1S/C17H20N2O6S/c1-3-10-25-16-9-4-13(11-17(16)24-2)12-18-26(22,23)15-7-5-14(6-8-15)19(20)21/h4-9,11,18H,3,10,12H2,1-2H3. The summed E-state index contributed by atoms with van der Waals surface area (Å²) in [5.41, 5.74) is 0.521. The second kappa shape index (κ2) is 8.63. The van der Waals surface area contributed by atoms with E-state index >= 15 is 0 Å². The average molecular weight is 380 g/mol. The first kappa shape index (κ1) is 19.7. The topological polar surface area (TPSA) is 108 Å². The van der Waals surface area contributed by atoms with Gasteiger partial charge in [0.05, 0.1) is 23.5 Å². The maximum atomic E-state index is 12.3. The van der Waals surface area contributed by atoms with Crippen LogP contribution in [-0.2, 0) is 16.6 Å². The van der Waals surface area contributed by atoms with Crippen molar-refractivity contribution in [3.05, 3.63) is 58.1 Å². The van der Waals surface area contributed by atoms with Gasteiger partial charge >= 0.3 is 0 Å². The van der Waals surface area contributed by atoms with Gasteiger partial charge in [-0.1, -0.05) is 13.0 Å². The molecule has 0 radical (unpaired) electrons. The number of hydrogen-bond acceptors (Lipinski definition) is 6. The van der Waals surface area contributed by atoms with Gasteiger partial charge < -0.3 is 9.47 Å². The van der Waals surface area contributed by atoms with Gasteiger partial charge in [0.15, 0.2) is 11.5 Å². The molecule has 1 N–H and O–H groups in total. The molecule has 0 spiro atoms. The van der Waals surface area contributed by atoms with Gasteiger partial charge in [-0.2, -0.15) is 0 Å². The second-order valence-electron chi connectivity index (χ2n) is 5.41. The molecule has 0 aliphatic rings. The number of nitro benzene ring substituents is 1. The van der Waals surface area contributed by atoms with E-state index in [1.165, 1.54) is 19.2 Å². The third kappa shape index (κ3) is 4.93. The number of rotatable bonds is 9. The van der Waals surface area contributed by atoms with Crippen molar-refractivity contribution >= 4 is 15.7 Å². The number of sulfonamides is 1. The summed E-state index contributed by atoms with van der Waals surface area (Å²) < 4.78 is 37.9. The first-order valence-corrected chi connectivity index (χ1v) is 9.39. The monoisotopic (exact) mass is 380 g/mol. The fourth-order valence-electron chi connectivity index (χ4n) is 2.16. The zero-order valence-electron chi connectivity index (χ0n) is 14.5. The molecule has 8 nitrogen and oxygen atoms in total. The lowest BCUT2D eigenvalue weighted by atomic mass is 10.2. The number of methoxy groups -OCH3 is 1. The average Bonchev–Trinajstić information content (AvgIpc) is 2.65. The number of hydrogen-bond donors (Lipinski definition) is 1. The lowest BCUT2D eigenvalue weighted by Crippen LogP contribution is -2.23. The molecule has 0 saturated heterocycles. The van der Waals surface area contributed by atoms with Crippen molar-refractivity contribution in [2.24, 2.45) is 0 Å². The van der Waals surface area contributed by atoms with E-state index in [1.807, 2.05) is 6.92 Å². The van der Waals surface area contributed by atoms with E-state index < -0.39 is 14.9 Å². The summed E-state index contributed by atoms with van der Waals surface area (Å²) in [5, 5.41) is 10.6. The van der Waals surface area contributed by atoms with E-state index in [-0.39, 0.29) is 17.1 Å². The van der Waals surface area contributed by atoms with Crippen LogP contribution in [0.25, 0.3) is 0 Å². The molecule has 9 heteroatoms. The molecule has 0 aromatic heterocycles. The van der Waals surface area contributed by atoms with Crippen molar-refractivity contribution in [3.63, 3.8) is 0 Å². The van der Waals surface area contributed by atoms with Crippen LogP contribution in [-0.4, -0.2) is 27.1 Å². The normalized spacial score (nSPS) is 11.2. The minimum absolute atomic E-state index is 0.0436. The highest BCUT2D eigenvalue weighted by Gasteiger charge is 2.16. The Hall–Kier alpha value is -2.65. The van der Waals surface area contributed by atoms with Crippen LogP contribution in [0.2, 0.25) is 0 Å². The molecule has 0 heterocycles. The highest BCUT2D eigenvalue weighted by molar-refractivity contribution is 7.89. The summed E-state index contributed by atoms with van der Waals surface area (Å²) in [7, 11) is -2.28. The minimum atomic E-state index is -3.79. The van der Waals surface area contributed by atoms with Crippen molar-refractivity contribution in [2.75, 3.05) is 13.7 Å². The Morgan fingerprint density at radius 1 is 1.12 bits per heavy atom. The van der Waals surface area contributed by atoms with Crippen molar-refractivity contribution in [3.8, 4) is 11.5 Å². The summed E-state index contributed by atoms with van der Waals surface area (Å²) in [6.07, 6.45) is 0.861. The third-order valence-corrected chi connectivity index (χ3v) is 4.93. The molecule has 26 heavy (non-hydrogen) atoms. The van der Waals surface area contributed by atoms with Crippen LogP contribution >= 0.6 is 0 Å². The van der Waals surface area contributed by atoms with E-state index in [9.17, 15) is 18.5 Å². The molecule has 0 bridgehead atoms. The Morgan fingerprint density at radius 3 is 2.38 bits per heavy atom. The predicted octanol–water partition coefficient (Wildman–Crippen LogP) is 2.87. The molecule has 0 atom stereocenters. The Morgan fingerprint density at radius 2 is 1.81 bits per heavy atom. The molecule has 0 aliphatic carbocycles. The summed E-state index contributed by atoms with van der Waals surface area (Å²) in [6.45, 7) is 2.60. The van der Waals surface area contributed by atoms with Crippen LogP contribution in [0.4, 0.5) is 5.69 Å². The largest absolute Gasteiger partial charge is 0.493 e. The van der Waals surface area contributed by atoms with Gasteiger partial charge in [0.25, 0.3) is 5.69 Å². The number of nitrogens with zero attached hydrogens (tertiary/aromatic N) is 1. The lowest BCUT2D eigenvalue weighted by Gasteiger charge is -2.12. The molecular weight excluding hydrogens is 360 g/mol. The van der Waals surface area contributed by atoms with Crippen molar-refractivity contribution in [1.29, 1.82) is 0 Å². The number of nitro groups is 1. The summed E-state index contributed by atoms with van der Waals surface area (Å²) in [5.74, 6) is 1.11. The minimum Gasteiger partial charge on any atom is -0.493 e. The number of non-ortho nitro benzene ring substituents is 1. The predicted molar refractivity (Wildman–Crippen MR) is 95.9 cm³/mol. The summed E-state index contributed by atoms with van der Waals surface area (Å²) >= 11 is 0. The smallest absolute Gasteiger partial charge is 0.269 e. The fourth-order valence-corrected chi connectivity index (χ4v) is 3.18. The van der Waals surface area contributed by atoms with Gasteiger partial charge in [-0.15, -0.1) is 0 Å². The Balaban J connectivity index is 2.10. The number of nitrogens with one attached hydrogen (secondary N) is 1. The lowest BCUT2D eigenvalue weighted by molar-refractivity contribution is -0.384. The van der Waals surface area contributed by atoms with Gasteiger partial charge in [-0.3, -0.25) is 10.1 Å². The molecule has 2 rings (SSSR count). The Labute approximate surface area is 152 Å². The Kier molecular flexibility index (Phi) is 6.53. The maximum Gasteiger partial charge on any atom is 0.269 e. The van der Waals surface area contributed by atoms with E-state index in [1.54, 1.807) is 18.2 Å². The SMILES string of the molecule is CCCOc1ccc(CNS(=O)(=O)c2ccc([N+](=O)[O-])cc2)cc1OC. The van der Waals surface area contributed by atoms with Gasteiger partial charge in [0.2, 0.25) is 10.0 Å². The van der Waals surface area contributed by atoms with Crippen molar-refractivity contribution in [1.82, 2.24) is 4.72 Å². The zero-order valence-corrected chi connectivity index (χ0v) is 15.3. The van der Waals surface area contributed by atoms with E-state index in [2.05, 4.69) is 4.72 Å². The van der Waals surface area contributed by atoms with Crippen LogP contribution < -0.4 is 14.2 Å². The number of ether oxygens (including phenoxy) is 2. The van der Waals surface area contributed by atoms with Crippen LogP contribution in [0.15, 0.2) is 47.4 Å². The van der Waals surface area contributed by atoms with Crippen LogP contribution in [0, 0.1) is 10.1 Å². The van der Waals surface area contributed by atoms with Gasteiger partial charge in [0.1, 0.15) is 0 Å². The van der Waals surface area contributed by atoms with Crippen LogP contribution in [0.1, 0.15) is 18.9 Å². The van der Waals surface area contributed by atoms with E-state index in [4.69, 9.17) is 9.47 Å². The molecule has 2 aromatic carbocycles. The molecule has 0 unspecified atom stereocenters. The molecule has 140 valence electrons. The van der Waals surface area contributed by atoms with Gasteiger partial charge in [-0.25, -0.2) is 13.1 Å². The first-order valence-electron chi connectivity index (χ1n) is 7.91. The Bertz CT molecular complexity index is 865. The second-order valence-corrected chi connectivity index (χ2v) is 7.18. The fraction of sp³-hybridized carbons (Fsp3) is 0.294. The molecule has 0 aliphatic heterocycles. The van der Waals surface area contributed by atoms with Crippen LogP contribution in [0.5, 0.6) is 11.5 Å². The summed E-state index contributed by atoms with van der Waals surface area (Å²) in [4.78, 5) is 10.0. The van der Waals surface area contributed by atoms with Crippen LogP contribution in [0.3, 0.4) is 0 Å². The van der Waals surface area contributed by atoms with E-state index in [0.29, 0.717) is 23.7 Å². The quantitative estimate of drug-likeness (QED) is 0.529. The molecular formula is C17H20N2O6S. The molecule has 0 fully saturated rings. The molecule has 0 saturated carbocycles. The summed E-state index contributed by atoms with van der Waals surface area (Å²) in [6, 6.07) is 9.86. The third-order valence-electron chi connectivity index (χ3n) is 3.51. The highest BCUT2D eigenvalue weighted by atomic mass is 32.2. The molecule has 0 amide bonds. The van der Waals surface area contributed by atoms with E-state index in [0.717, 1.165) is 18.6 Å².